The van der Waals surface area contributed by atoms with Crippen LogP contribution in [-0.2, 0) is 0 Å². The van der Waals surface area contributed by atoms with Crippen molar-refractivity contribution in [1.29, 1.82) is 0 Å². The first-order valence-corrected chi connectivity index (χ1v) is 9.21. The van der Waals surface area contributed by atoms with Crippen LogP contribution < -0.4 is 15.2 Å². The van der Waals surface area contributed by atoms with Crippen molar-refractivity contribution < 1.29 is 5.48 Å². The SMILES string of the molecule is Cc1ccccc1NC1=NN(c2ccccc2C)CN1c1ccccc1C.O. The fourth-order valence-electron chi connectivity index (χ4n) is 3.37. The Morgan fingerprint density at radius 1 is 0.714 bits per heavy atom. The molecule has 3 aromatic carbocycles. The summed E-state index contributed by atoms with van der Waals surface area (Å²) < 4.78 is 0. The lowest BCUT2D eigenvalue weighted by Crippen LogP contribution is -2.35. The molecular formula is C23H26N4O. The number of anilines is 3. The highest BCUT2D eigenvalue weighted by molar-refractivity contribution is 6.08. The van der Waals surface area contributed by atoms with Gasteiger partial charge >= 0.3 is 0 Å². The van der Waals surface area contributed by atoms with Crippen LogP contribution in [0.3, 0.4) is 0 Å². The zero-order valence-electron chi connectivity index (χ0n) is 16.5. The van der Waals surface area contributed by atoms with Gasteiger partial charge in [-0.2, -0.15) is 0 Å². The topological polar surface area (TPSA) is 62.4 Å². The molecule has 3 aromatic rings. The van der Waals surface area contributed by atoms with Crippen LogP contribution in [0.15, 0.2) is 77.9 Å². The van der Waals surface area contributed by atoms with Crippen molar-refractivity contribution >= 4 is 23.0 Å². The largest absolute Gasteiger partial charge is 0.412 e. The van der Waals surface area contributed by atoms with Crippen molar-refractivity contribution in [1.82, 2.24) is 0 Å². The lowest BCUT2D eigenvalue weighted by molar-refractivity contribution is 0.824. The van der Waals surface area contributed by atoms with E-state index in [0.29, 0.717) is 6.67 Å². The summed E-state index contributed by atoms with van der Waals surface area (Å²) in [5, 5.41) is 10.5. The third-order valence-electron chi connectivity index (χ3n) is 4.94. The third-order valence-corrected chi connectivity index (χ3v) is 4.94. The Morgan fingerprint density at radius 2 is 1.25 bits per heavy atom. The molecule has 3 N–H and O–H groups in total. The number of para-hydroxylation sites is 3. The van der Waals surface area contributed by atoms with Gasteiger partial charge in [0, 0.05) is 11.4 Å². The molecule has 0 atom stereocenters. The molecule has 5 heteroatoms. The Hall–Kier alpha value is -3.31. The Bertz CT molecular complexity index is 999. The predicted octanol–water partition coefficient (Wildman–Crippen LogP) is 4.45. The minimum absolute atomic E-state index is 0. The summed E-state index contributed by atoms with van der Waals surface area (Å²) >= 11 is 0. The van der Waals surface area contributed by atoms with Gasteiger partial charge in [-0.15, -0.1) is 5.10 Å². The van der Waals surface area contributed by atoms with Crippen LogP contribution in [0.4, 0.5) is 17.1 Å². The lowest BCUT2D eigenvalue weighted by atomic mass is 10.2. The van der Waals surface area contributed by atoms with Crippen molar-refractivity contribution in [2.75, 3.05) is 21.9 Å². The average Bonchev–Trinajstić information content (AvgIpc) is 3.08. The number of nitrogens with one attached hydrogen (secondary N) is 1. The number of guanidine groups is 1. The molecule has 28 heavy (non-hydrogen) atoms. The van der Waals surface area contributed by atoms with E-state index >= 15 is 0 Å². The molecule has 1 heterocycles. The summed E-state index contributed by atoms with van der Waals surface area (Å²) in [6, 6.07) is 25.1. The van der Waals surface area contributed by atoms with Crippen molar-refractivity contribution in [3.05, 3.63) is 89.5 Å². The normalized spacial score (nSPS) is 13.2. The first-order valence-electron chi connectivity index (χ1n) is 9.21. The molecule has 0 saturated heterocycles. The van der Waals surface area contributed by atoms with Gasteiger partial charge in [0.15, 0.2) is 0 Å². The van der Waals surface area contributed by atoms with Crippen molar-refractivity contribution in [3.8, 4) is 0 Å². The van der Waals surface area contributed by atoms with Crippen molar-refractivity contribution in [3.63, 3.8) is 0 Å². The van der Waals surface area contributed by atoms with E-state index in [1.165, 1.54) is 16.7 Å². The van der Waals surface area contributed by atoms with Crippen LogP contribution in [0.2, 0.25) is 0 Å². The van der Waals surface area contributed by atoms with Crippen LogP contribution in [-0.4, -0.2) is 18.1 Å². The first-order chi connectivity index (χ1) is 13.1. The third kappa shape index (κ3) is 3.70. The molecule has 0 aliphatic carbocycles. The average molecular weight is 374 g/mol. The van der Waals surface area contributed by atoms with Crippen LogP contribution in [0.5, 0.6) is 0 Å². The molecule has 144 valence electrons. The molecule has 1 aliphatic heterocycles. The summed E-state index contributed by atoms with van der Waals surface area (Å²) in [4.78, 5) is 2.23. The molecule has 0 aromatic heterocycles. The molecule has 0 spiro atoms. The summed E-state index contributed by atoms with van der Waals surface area (Å²) in [6.45, 7) is 7.03. The van der Waals surface area contributed by atoms with Gasteiger partial charge in [0.25, 0.3) is 0 Å². The number of aryl methyl sites for hydroxylation is 3. The van der Waals surface area contributed by atoms with Gasteiger partial charge in [-0.05, 0) is 55.7 Å². The molecule has 0 unspecified atom stereocenters. The van der Waals surface area contributed by atoms with Gasteiger partial charge in [-0.25, -0.2) is 5.01 Å². The predicted molar refractivity (Wildman–Crippen MR) is 118 cm³/mol. The summed E-state index contributed by atoms with van der Waals surface area (Å²) in [7, 11) is 0. The van der Waals surface area contributed by atoms with Crippen LogP contribution in [0, 0.1) is 20.8 Å². The molecular weight excluding hydrogens is 348 g/mol. The number of nitrogens with zero attached hydrogens (tertiary/aromatic N) is 3. The Morgan fingerprint density at radius 3 is 1.86 bits per heavy atom. The van der Waals surface area contributed by atoms with Gasteiger partial charge in [-0.1, -0.05) is 54.6 Å². The van der Waals surface area contributed by atoms with Crippen LogP contribution in [0.25, 0.3) is 0 Å². The van der Waals surface area contributed by atoms with Gasteiger partial charge in [0.2, 0.25) is 5.96 Å². The summed E-state index contributed by atoms with van der Waals surface area (Å²) in [6.07, 6.45) is 0. The Balaban J connectivity index is 0.00000225. The van der Waals surface area contributed by atoms with E-state index < -0.39 is 0 Å². The number of benzene rings is 3. The quantitative estimate of drug-likeness (QED) is 0.736. The second-order valence-electron chi connectivity index (χ2n) is 6.91. The molecule has 0 saturated carbocycles. The molecule has 5 nitrogen and oxygen atoms in total. The summed E-state index contributed by atoms with van der Waals surface area (Å²) in [5.74, 6) is 0.835. The highest BCUT2D eigenvalue weighted by Crippen LogP contribution is 2.29. The standard InChI is InChI=1S/C23H24N4.H2O/c1-17-10-4-7-13-20(17)24-23-25-27(22-15-9-6-12-19(22)3)16-26(23)21-14-8-5-11-18(21)2;/h4-15H,16H2,1-3H3,(H,24,25);1H2. The highest BCUT2D eigenvalue weighted by Gasteiger charge is 2.27. The van der Waals surface area contributed by atoms with E-state index in [1.807, 2.05) is 6.07 Å². The maximum atomic E-state index is 4.92. The molecule has 0 fully saturated rings. The smallest absolute Gasteiger partial charge is 0.227 e. The van der Waals surface area contributed by atoms with Gasteiger partial charge in [0.1, 0.15) is 6.67 Å². The minimum atomic E-state index is 0. The fourth-order valence-corrected chi connectivity index (χ4v) is 3.37. The Kier molecular flexibility index (Phi) is 5.66. The molecule has 0 bridgehead atoms. The van der Waals surface area contributed by atoms with Crippen molar-refractivity contribution in [2.45, 2.75) is 20.8 Å². The highest BCUT2D eigenvalue weighted by atomic mass is 16.0. The van der Waals surface area contributed by atoms with E-state index in [4.69, 9.17) is 5.10 Å². The van der Waals surface area contributed by atoms with Crippen LogP contribution >= 0.6 is 0 Å². The molecule has 1 aliphatic rings. The number of hydrogen-bond acceptors (Lipinski definition) is 4. The molecule has 0 radical (unpaired) electrons. The maximum Gasteiger partial charge on any atom is 0.227 e. The van der Waals surface area contributed by atoms with Crippen molar-refractivity contribution in [2.24, 2.45) is 5.10 Å². The number of rotatable bonds is 3. The number of hydrazone groups is 1. The first kappa shape index (κ1) is 19.5. The van der Waals surface area contributed by atoms with Gasteiger partial charge in [0.05, 0.1) is 5.69 Å². The second kappa shape index (κ2) is 8.15. The molecule has 0 amide bonds. The Labute approximate surface area is 166 Å². The monoisotopic (exact) mass is 374 g/mol. The summed E-state index contributed by atoms with van der Waals surface area (Å²) in [5.41, 5.74) is 6.98. The van der Waals surface area contributed by atoms with Gasteiger partial charge < -0.3 is 10.8 Å². The number of hydrogen-bond donors (Lipinski definition) is 1. The minimum Gasteiger partial charge on any atom is -0.412 e. The van der Waals surface area contributed by atoms with Gasteiger partial charge in [-0.3, -0.25) is 4.90 Å². The van der Waals surface area contributed by atoms with E-state index in [0.717, 1.165) is 23.0 Å². The van der Waals surface area contributed by atoms with E-state index in [1.54, 1.807) is 0 Å². The zero-order valence-corrected chi connectivity index (χ0v) is 16.5. The van der Waals surface area contributed by atoms with Crippen LogP contribution in [0.1, 0.15) is 16.7 Å². The maximum absolute atomic E-state index is 4.92. The van der Waals surface area contributed by atoms with E-state index in [9.17, 15) is 0 Å². The van der Waals surface area contributed by atoms with E-state index in [-0.39, 0.29) is 5.48 Å². The molecule has 4 rings (SSSR count). The second-order valence-corrected chi connectivity index (χ2v) is 6.91. The zero-order chi connectivity index (χ0) is 18.8. The fraction of sp³-hybridized carbons (Fsp3) is 0.174. The van der Waals surface area contributed by atoms with E-state index in [2.05, 4.69) is 103 Å². The lowest BCUT2D eigenvalue weighted by Gasteiger charge is -2.24.